The Morgan fingerprint density at radius 3 is 2.81 bits per heavy atom. The van der Waals surface area contributed by atoms with Crippen LogP contribution in [-0.4, -0.2) is 51.6 Å². The molecule has 2 aromatic rings. The highest BCUT2D eigenvalue weighted by Gasteiger charge is 2.38. The summed E-state index contributed by atoms with van der Waals surface area (Å²) in [5.41, 5.74) is 0.547. The van der Waals surface area contributed by atoms with Crippen molar-refractivity contribution in [2.24, 2.45) is 5.92 Å². The lowest BCUT2D eigenvalue weighted by atomic mass is 9.98. The van der Waals surface area contributed by atoms with E-state index in [1.54, 1.807) is 12.4 Å². The summed E-state index contributed by atoms with van der Waals surface area (Å²) in [6.45, 7) is 7.54. The predicted octanol–water partition coefficient (Wildman–Crippen LogP) is 3.18. The van der Waals surface area contributed by atoms with Gasteiger partial charge in [-0.1, -0.05) is 25.4 Å². The Hall–Kier alpha value is -1.92. The molecule has 0 saturated carbocycles. The van der Waals surface area contributed by atoms with Gasteiger partial charge >= 0.3 is 0 Å². The normalized spacial score (nSPS) is 23.0. The van der Waals surface area contributed by atoms with Gasteiger partial charge in [-0.05, 0) is 43.9 Å². The maximum atomic E-state index is 12.6. The SMILES string of the molecule is CC(C)CC1CN2CCCC2CN1c1nc(-c2ccncc2)[nH]c(=O)c1Cl. The molecule has 0 spiro atoms. The number of aromatic nitrogens is 3. The van der Waals surface area contributed by atoms with Crippen LogP contribution in [0.5, 0.6) is 0 Å². The van der Waals surface area contributed by atoms with Gasteiger partial charge in [-0.2, -0.15) is 0 Å². The Kier molecular flexibility index (Phi) is 5.19. The lowest BCUT2D eigenvalue weighted by Gasteiger charge is -2.45. The van der Waals surface area contributed by atoms with E-state index in [4.69, 9.17) is 16.6 Å². The molecule has 2 saturated heterocycles. The number of aromatic amines is 1. The fraction of sp³-hybridized carbons (Fsp3) is 0.550. The van der Waals surface area contributed by atoms with Gasteiger partial charge in [-0.25, -0.2) is 4.98 Å². The average Bonchev–Trinajstić information content (AvgIpc) is 3.11. The first-order valence-electron chi connectivity index (χ1n) is 9.74. The number of nitrogens with one attached hydrogen (secondary N) is 1. The molecule has 144 valence electrons. The van der Waals surface area contributed by atoms with E-state index in [1.807, 2.05) is 12.1 Å². The van der Waals surface area contributed by atoms with Crippen molar-refractivity contribution < 1.29 is 0 Å². The molecule has 1 N–H and O–H groups in total. The molecule has 2 atom stereocenters. The molecule has 2 aromatic heterocycles. The van der Waals surface area contributed by atoms with Crippen LogP contribution in [0.1, 0.15) is 33.1 Å². The fourth-order valence-electron chi connectivity index (χ4n) is 4.38. The average molecular weight is 388 g/mol. The molecule has 2 aliphatic rings. The van der Waals surface area contributed by atoms with Crippen molar-refractivity contribution >= 4 is 17.4 Å². The van der Waals surface area contributed by atoms with Gasteiger partial charge in [-0.3, -0.25) is 14.7 Å². The van der Waals surface area contributed by atoms with Crippen LogP contribution >= 0.6 is 11.6 Å². The summed E-state index contributed by atoms with van der Waals surface area (Å²) < 4.78 is 0. The molecule has 0 aromatic carbocycles. The third-order valence-corrected chi connectivity index (χ3v) is 5.95. The Morgan fingerprint density at radius 1 is 1.30 bits per heavy atom. The maximum absolute atomic E-state index is 12.6. The van der Waals surface area contributed by atoms with E-state index in [1.165, 1.54) is 19.4 Å². The highest BCUT2D eigenvalue weighted by atomic mass is 35.5. The van der Waals surface area contributed by atoms with Gasteiger partial charge in [0.1, 0.15) is 10.8 Å². The molecule has 0 bridgehead atoms. The maximum Gasteiger partial charge on any atom is 0.272 e. The standard InChI is InChI=1S/C20H26ClN5O/c1-13(2)10-16-11-25-9-3-4-15(25)12-26(16)19-17(21)20(27)24-18(23-19)14-5-7-22-8-6-14/h5-8,13,15-16H,3-4,9-12H2,1-2H3,(H,23,24,27). The van der Waals surface area contributed by atoms with E-state index in [0.717, 1.165) is 25.1 Å². The van der Waals surface area contributed by atoms with Crippen molar-refractivity contribution in [1.82, 2.24) is 19.9 Å². The number of anilines is 1. The number of H-pyrrole nitrogens is 1. The summed E-state index contributed by atoms with van der Waals surface area (Å²) in [4.78, 5) is 29.1. The third kappa shape index (κ3) is 3.73. The van der Waals surface area contributed by atoms with Crippen LogP contribution in [0.2, 0.25) is 5.02 Å². The van der Waals surface area contributed by atoms with Crippen molar-refractivity contribution in [3.05, 3.63) is 39.9 Å². The zero-order valence-electron chi connectivity index (χ0n) is 15.9. The quantitative estimate of drug-likeness (QED) is 0.872. The smallest absolute Gasteiger partial charge is 0.272 e. The molecular formula is C20H26ClN5O. The summed E-state index contributed by atoms with van der Waals surface area (Å²) in [6, 6.07) is 4.53. The van der Waals surface area contributed by atoms with Gasteiger partial charge in [0.15, 0.2) is 5.82 Å². The van der Waals surface area contributed by atoms with E-state index in [-0.39, 0.29) is 10.6 Å². The van der Waals surface area contributed by atoms with Crippen LogP contribution in [0.25, 0.3) is 11.4 Å². The predicted molar refractivity (Wildman–Crippen MR) is 108 cm³/mol. The minimum Gasteiger partial charge on any atom is -0.349 e. The Labute approximate surface area is 164 Å². The number of pyridine rings is 1. The van der Waals surface area contributed by atoms with Gasteiger partial charge in [0.05, 0.1) is 0 Å². The van der Waals surface area contributed by atoms with Gasteiger partial charge in [0.25, 0.3) is 5.56 Å². The lowest BCUT2D eigenvalue weighted by molar-refractivity contribution is 0.185. The van der Waals surface area contributed by atoms with E-state index < -0.39 is 0 Å². The van der Waals surface area contributed by atoms with Crippen molar-refractivity contribution in [2.75, 3.05) is 24.5 Å². The van der Waals surface area contributed by atoms with Gasteiger partial charge < -0.3 is 9.88 Å². The molecule has 0 amide bonds. The summed E-state index contributed by atoms with van der Waals surface area (Å²) >= 11 is 6.46. The zero-order valence-corrected chi connectivity index (χ0v) is 16.6. The van der Waals surface area contributed by atoms with Crippen LogP contribution in [0.4, 0.5) is 5.82 Å². The monoisotopic (exact) mass is 387 g/mol. The summed E-state index contributed by atoms with van der Waals surface area (Å²) in [5.74, 6) is 1.72. The van der Waals surface area contributed by atoms with Crippen molar-refractivity contribution in [2.45, 2.75) is 45.2 Å². The molecule has 0 aliphatic carbocycles. The van der Waals surface area contributed by atoms with E-state index in [0.29, 0.717) is 29.6 Å². The first-order chi connectivity index (χ1) is 13.0. The highest BCUT2D eigenvalue weighted by Crippen LogP contribution is 2.33. The molecule has 4 heterocycles. The summed E-state index contributed by atoms with van der Waals surface area (Å²) in [6.07, 6.45) is 6.89. The Bertz CT molecular complexity index is 853. The first-order valence-corrected chi connectivity index (χ1v) is 10.1. The van der Waals surface area contributed by atoms with Crippen LogP contribution < -0.4 is 10.5 Å². The second-order valence-electron chi connectivity index (χ2n) is 8.01. The number of fused-ring (bicyclic) bond motifs is 1. The molecule has 6 nitrogen and oxygen atoms in total. The Balaban J connectivity index is 1.75. The molecule has 7 heteroatoms. The summed E-state index contributed by atoms with van der Waals surface area (Å²) in [7, 11) is 0. The van der Waals surface area contributed by atoms with Crippen molar-refractivity contribution in [3.8, 4) is 11.4 Å². The molecular weight excluding hydrogens is 362 g/mol. The number of hydrogen-bond acceptors (Lipinski definition) is 5. The van der Waals surface area contributed by atoms with Crippen LogP contribution in [-0.2, 0) is 0 Å². The molecule has 2 unspecified atom stereocenters. The van der Waals surface area contributed by atoms with Gasteiger partial charge in [0, 0.05) is 43.1 Å². The number of hydrogen-bond donors (Lipinski definition) is 1. The van der Waals surface area contributed by atoms with Crippen LogP contribution in [0.3, 0.4) is 0 Å². The number of piperazine rings is 1. The highest BCUT2D eigenvalue weighted by molar-refractivity contribution is 6.32. The molecule has 4 rings (SSSR count). The fourth-order valence-corrected chi connectivity index (χ4v) is 4.57. The topological polar surface area (TPSA) is 65.1 Å². The van der Waals surface area contributed by atoms with Crippen molar-refractivity contribution in [1.29, 1.82) is 0 Å². The Morgan fingerprint density at radius 2 is 2.07 bits per heavy atom. The number of rotatable bonds is 4. The summed E-state index contributed by atoms with van der Waals surface area (Å²) in [5, 5.41) is 0.188. The largest absolute Gasteiger partial charge is 0.349 e. The number of halogens is 1. The van der Waals surface area contributed by atoms with E-state index >= 15 is 0 Å². The van der Waals surface area contributed by atoms with E-state index in [2.05, 4.69) is 33.6 Å². The molecule has 0 radical (unpaired) electrons. The van der Waals surface area contributed by atoms with Crippen molar-refractivity contribution in [3.63, 3.8) is 0 Å². The second-order valence-corrected chi connectivity index (χ2v) is 8.39. The second kappa shape index (κ2) is 7.60. The lowest BCUT2D eigenvalue weighted by Crippen LogP contribution is -2.57. The number of nitrogens with zero attached hydrogens (tertiary/aromatic N) is 4. The minimum atomic E-state index is -0.286. The third-order valence-electron chi connectivity index (χ3n) is 5.61. The molecule has 2 aliphatic heterocycles. The zero-order chi connectivity index (χ0) is 19.0. The molecule has 27 heavy (non-hydrogen) atoms. The van der Waals surface area contributed by atoms with E-state index in [9.17, 15) is 4.79 Å². The van der Waals surface area contributed by atoms with Gasteiger partial charge in [-0.15, -0.1) is 0 Å². The van der Waals surface area contributed by atoms with Gasteiger partial charge in [0.2, 0.25) is 0 Å². The molecule has 2 fully saturated rings. The minimum absolute atomic E-state index is 0.188. The first kappa shape index (κ1) is 18.4. The van der Waals surface area contributed by atoms with Crippen LogP contribution in [0, 0.1) is 5.92 Å². The van der Waals surface area contributed by atoms with Crippen LogP contribution in [0.15, 0.2) is 29.3 Å².